The van der Waals surface area contributed by atoms with E-state index in [-0.39, 0.29) is 16.9 Å². The first-order valence-corrected chi connectivity index (χ1v) is 10.6. The summed E-state index contributed by atoms with van der Waals surface area (Å²) in [4.78, 5) is 26.6. The van der Waals surface area contributed by atoms with Crippen molar-refractivity contribution in [2.24, 2.45) is 11.3 Å². The molecule has 1 aliphatic rings. The van der Waals surface area contributed by atoms with Gasteiger partial charge in [-0.1, -0.05) is 39.0 Å². The molecule has 1 atom stereocenters. The molecule has 2 amide bonds. The van der Waals surface area contributed by atoms with E-state index in [1.165, 1.54) is 29.5 Å². The highest BCUT2D eigenvalue weighted by Crippen LogP contribution is 2.44. The molecule has 2 aromatic rings. The molecule has 0 saturated carbocycles. The van der Waals surface area contributed by atoms with Crippen molar-refractivity contribution in [1.29, 1.82) is 0 Å². The van der Waals surface area contributed by atoms with Gasteiger partial charge in [-0.2, -0.15) is 0 Å². The van der Waals surface area contributed by atoms with Gasteiger partial charge < -0.3 is 10.6 Å². The van der Waals surface area contributed by atoms with Crippen LogP contribution in [0.1, 0.15) is 58.3 Å². The zero-order valence-electron chi connectivity index (χ0n) is 17.1. The molecule has 0 aliphatic heterocycles. The van der Waals surface area contributed by atoms with E-state index in [1.807, 2.05) is 0 Å². The molecule has 2 N–H and O–H groups in total. The van der Waals surface area contributed by atoms with Gasteiger partial charge in [0, 0.05) is 11.4 Å². The van der Waals surface area contributed by atoms with E-state index >= 15 is 0 Å². The molecule has 1 aromatic heterocycles. The zero-order chi connectivity index (χ0) is 21.2. The van der Waals surface area contributed by atoms with Crippen LogP contribution in [0.3, 0.4) is 0 Å². The lowest BCUT2D eigenvalue weighted by Gasteiger charge is -2.33. The summed E-state index contributed by atoms with van der Waals surface area (Å²) in [7, 11) is 0. The van der Waals surface area contributed by atoms with Crippen LogP contribution in [0.5, 0.6) is 0 Å². The average Bonchev–Trinajstić information content (AvgIpc) is 3.02. The Kier molecular flexibility index (Phi) is 6.22. The third kappa shape index (κ3) is 4.58. The van der Waals surface area contributed by atoms with E-state index in [0.29, 0.717) is 23.0 Å². The minimum absolute atomic E-state index is 0.0381. The van der Waals surface area contributed by atoms with Crippen molar-refractivity contribution < 1.29 is 14.0 Å². The number of nitrogens with one attached hydrogen (secondary N) is 2. The van der Waals surface area contributed by atoms with Gasteiger partial charge in [0.15, 0.2) is 0 Å². The summed E-state index contributed by atoms with van der Waals surface area (Å²) >= 11 is 1.43. The Morgan fingerprint density at radius 2 is 2.00 bits per heavy atom. The van der Waals surface area contributed by atoms with Gasteiger partial charge in [0.25, 0.3) is 11.8 Å². The van der Waals surface area contributed by atoms with Crippen LogP contribution in [0.15, 0.2) is 36.9 Å². The van der Waals surface area contributed by atoms with E-state index < -0.39 is 11.7 Å². The number of thiophene rings is 1. The molecule has 4 nitrogen and oxygen atoms in total. The first-order chi connectivity index (χ1) is 13.7. The molecule has 29 heavy (non-hydrogen) atoms. The van der Waals surface area contributed by atoms with Crippen LogP contribution in [0.2, 0.25) is 0 Å². The number of hydrogen-bond donors (Lipinski definition) is 2. The Bertz CT molecular complexity index is 943. The van der Waals surface area contributed by atoms with Crippen molar-refractivity contribution in [1.82, 2.24) is 5.32 Å². The van der Waals surface area contributed by atoms with E-state index in [2.05, 4.69) is 38.0 Å². The number of benzene rings is 1. The maximum Gasteiger partial charge on any atom is 0.259 e. The fraction of sp³-hybridized carbons (Fsp3) is 0.391. The number of anilines is 1. The molecule has 0 saturated heterocycles. The number of carbonyl (C=O) groups excluding carboxylic acids is 2. The molecule has 1 aromatic carbocycles. The summed E-state index contributed by atoms with van der Waals surface area (Å²) in [6.07, 6.45) is 4.28. The summed E-state index contributed by atoms with van der Waals surface area (Å²) in [5.41, 5.74) is 1.64. The van der Waals surface area contributed by atoms with Crippen LogP contribution in [0.4, 0.5) is 9.39 Å². The smallest absolute Gasteiger partial charge is 0.259 e. The van der Waals surface area contributed by atoms with Crippen LogP contribution in [0.25, 0.3) is 0 Å². The second-order valence-electron chi connectivity index (χ2n) is 8.45. The molecule has 1 heterocycles. The minimum Gasteiger partial charge on any atom is -0.348 e. The van der Waals surface area contributed by atoms with E-state index in [1.54, 1.807) is 12.1 Å². The summed E-state index contributed by atoms with van der Waals surface area (Å²) < 4.78 is 14.0. The average molecular weight is 415 g/mol. The van der Waals surface area contributed by atoms with Gasteiger partial charge in [0.1, 0.15) is 10.8 Å². The summed E-state index contributed by atoms with van der Waals surface area (Å²) in [5, 5.41) is 6.09. The summed E-state index contributed by atoms with van der Waals surface area (Å²) in [6, 6.07) is 5.84. The van der Waals surface area contributed by atoms with E-state index in [0.717, 1.165) is 29.7 Å². The number of fused-ring (bicyclic) bond motifs is 1. The fourth-order valence-corrected chi connectivity index (χ4v) is 5.04. The standard InChI is InChI=1S/C23H27FN2O2S/c1-5-12-25-21(28)19-16-11-10-14(23(2,3)4)13-18(16)29-22(19)26-20(27)15-8-6-7-9-17(15)24/h5-9,14H,1,10-13H2,2-4H3,(H,25,28)(H,26,27)/t14-/m0/s1. The maximum absolute atomic E-state index is 14.0. The quantitative estimate of drug-likeness (QED) is 0.660. The second-order valence-corrected chi connectivity index (χ2v) is 9.55. The molecular formula is C23H27FN2O2S. The minimum atomic E-state index is -0.586. The van der Waals surface area contributed by atoms with Gasteiger partial charge >= 0.3 is 0 Å². The summed E-state index contributed by atoms with van der Waals surface area (Å²) in [6.45, 7) is 10.7. The molecule has 154 valence electrons. The lowest BCUT2D eigenvalue weighted by Crippen LogP contribution is -2.29. The Balaban J connectivity index is 1.96. The van der Waals surface area contributed by atoms with Gasteiger partial charge in [-0.3, -0.25) is 9.59 Å². The predicted molar refractivity (Wildman–Crippen MR) is 116 cm³/mol. The largest absolute Gasteiger partial charge is 0.348 e. The Hall–Kier alpha value is -2.47. The number of rotatable bonds is 5. The summed E-state index contributed by atoms with van der Waals surface area (Å²) in [5.74, 6) is -0.864. The van der Waals surface area contributed by atoms with Gasteiger partial charge in [-0.15, -0.1) is 17.9 Å². The molecular weight excluding hydrogens is 387 g/mol. The van der Waals surface area contributed by atoms with E-state index in [9.17, 15) is 14.0 Å². The van der Waals surface area contributed by atoms with E-state index in [4.69, 9.17) is 0 Å². The Labute approximate surface area is 175 Å². The molecule has 0 radical (unpaired) electrons. The number of carbonyl (C=O) groups is 2. The third-order valence-electron chi connectivity index (χ3n) is 5.47. The normalized spacial score (nSPS) is 16.1. The van der Waals surface area contributed by atoms with Gasteiger partial charge in [0.2, 0.25) is 0 Å². The molecule has 0 fully saturated rings. The molecule has 0 bridgehead atoms. The molecule has 1 aliphatic carbocycles. The highest BCUT2D eigenvalue weighted by molar-refractivity contribution is 7.17. The number of halogens is 1. The van der Waals surface area contributed by atoms with Crippen molar-refractivity contribution in [3.05, 3.63) is 64.3 Å². The molecule has 0 unspecified atom stereocenters. The van der Waals surface area contributed by atoms with Crippen molar-refractivity contribution in [3.8, 4) is 0 Å². The van der Waals surface area contributed by atoms with Crippen molar-refractivity contribution >= 4 is 28.2 Å². The van der Waals surface area contributed by atoms with Crippen molar-refractivity contribution in [3.63, 3.8) is 0 Å². The van der Waals surface area contributed by atoms with Crippen LogP contribution in [-0.2, 0) is 12.8 Å². The third-order valence-corrected chi connectivity index (χ3v) is 6.64. The Morgan fingerprint density at radius 1 is 1.28 bits per heavy atom. The second kappa shape index (κ2) is 8.49. The first-order valence-electron chi connectivity index (χ1n) is 9.82. The highest BCUT2D eigenvalue weighted by Gasteiger charge is 2.34. The monoisotopic (exact) mass is 414 g/mol. The topological polar surface area (TPSA) is 58.2 Å². The fourth-order valence-electron chi connectivity index (χ4n) is 3.72. The molecule has 0 spiro atoms. The highest BCUT2D eigenvalue weighted by atomic mass is 32.1. The molecule has 3 rings (SSSR count). The predicted octanol–water partition coefficient (Wildman–Crippen LogP) is 5.21. The molecule has 6 heteroatoms. The SMILES string of the molecule is C=CCNC(=O)c1c(NC(=O)c2ccccc2F)sc2c1CC[C@H](C(C)(C)C)C2. The van der Waals surface area contributed by atoms with Crippen molar-refractivity contribution in [2.45, 2.75) is 40.0 Å². The van der Waals surface area contributed by atoms with Gasteiger partial charge in [0.05, 0.1) is 11.1 Å². The van der Waals surface area contributed by atoms with Crippen LogP contribution in [0, 0.1) is 17.2 Å². The maximum atomic E-state index is 14.0. The lowest BCUT2D eigenvalue weighted by atomic mass is 9.72. The Morgan fingerprint density at radius 3 is 2.66 bits per heavy atom. The van der Waals surface area contributed by atoms with Crippen LogP contribution < -0.4 is 10.6 Å². The van der Waals surface area contributed by atoms with Crippen molar-refractivity contribution in [2.75, 3.05) is 11.9 Å². The van der Waals surface area contributed by atoms with Crippen LogP contribution in [-0.4, -0.2) is 18.4 Å². The number of amides is 2. The first kappa shape index (κ1) is 21.2. The van der Waals surface area contributed by atoms with Gasteiger partial charge in [-0.05, 0) is 48.3 Å². The number of hydrogen-bond acceptors (Lipinski definition) is 3. The zero-order valence-corrected chi connectivity index (χ0v) is 17.9. The van der Waals surface area contributed by atoms with Gasteiger partial charge in [-0.25, -0.2) is 4.39 Å². The lowest BCUT2D eigenvalue weighted by molar-refractivity contribution is 0.0957. The van der Waals surface area contributed by atoms with Crippen LogP contribution >= 0.6 is 11.3 Å².